The van der Waals surface area contributed by atoms with Crippen LogP contribution in [0.2, 0.25) is 0 Å². The van der Waals surface area contributed by atoms with Crippen molar-refractivity contribution in [1.29, 1.82) is 0 Å². The maximum absolute atomic E-state index is 10.3. The van der Waals surface area contributed by atoms with Crippen LogP contribution in [-0.4, -0.2) is 10.4 Å². The largest absolute Gasteiger partial charge is 0.734 e. The normalized spacial score (nSPS) is 11.1. The number of aryl methyl sites for hydroxylation is 1. The van der Waals surface area contributed by atoms with E-state index in [2.05, 4.69) is 31.2 Å². The van der Waals surface area contributed by atoms with Gasteiger partial charge < -0.3 is 10.4 Å². The number of nitrogens with zero attached hydrogens (tertiary/aromatic N) is 1. The zero-order valence-corrected chi connectivity index (χ0v) is 10.9. The van der Waals surface area contributed by atoms with Gasteiger partial charge in [0.05, 0.1) is 0 Å². The van der Waals surface area contributed by atoms with Gasteiger partial charge in [-0.15, -0.1) is 11.3 Å². The van der Waals surface area contributed by atoms with Crippen LogP contribution in [0.5, 0.6) is 0 Å². The summed E-state index contributed by atoms with van der Waals surface area (Å²) in [6.07, 6.45) is 3.57. The van der Waals surface area contributed by atoms with Gasteiger partial charge in [0.2, 0.25) is 0 Å². The molecular weight excluding hydrogens is 246 g/mol. The smallest absolute Gasteiger partial charge is 0.0288 e. The highest BCUT2D eigenvalue weighted by Gasteiger charge is 1.99. The molecule has 1 heterocycles. The molecule has 4 heteroatoms. The maximum atomic E-state index is 10.3. The summed E-state index contributed by atoms with van der Waals surface area (Å²) in [6, 6.07) is 12.4. The summed E-state index contributed by atoms with van der Waals surface area (Å²) in [5.74, 6) is 0. The predicted octanol–water partition coefficient (Wildman–Crippen LogP) is 3.81. The minimum absolute atomic E-state index is 0.195. The van der Waals surface area contributed by atoms with Crippen molar-refractivity contribution >= 4 is 17.4 Å². The number of hydroxylamine groups is 2. The zero-order valence-electron chi connectivity index (χ0n) is 10.0. The van der Waals surface area contributed by atoms with Crippen molar-refractivity contribution in [2.75, 3.05) is 0 Å². The summed E-state index contributed by atoms with van der Waals surface area (Å²) in [4.78, 5) is 2.18. The van der Waals surface area contributed by atoms with E-state index in [0.717, 1.165) is 17.5 Å². The number of benzene rings is 1. The first kappa shape index (κ1) is 12.8. The van der Waals surface area contributed by atoms with Gasteiger partial charge in [-0.3, -0.25) is 5.21 Å². The van der Waals surface area contributed by atoms with Crippen molar-refractivity contribution in [2.45, 2.75) is 13.3 Å². The highest BCUT2D eigenvalue weighted by molar-refractivity contribution is 7.12. The van der Waals surface area contributed by atoms with Gasteiger partial charge in [-0.2, -0.15) is 0 Å². The first-order valence-corrected chi connectivity index (χ1v) is 6.43. The van der Waals surface area contributed by atoms with E-state index < -0.39 is 0 Å². The van der Waals surface area contributed by atoms with Crippen molar-refractivity contribution in [2.24, 2.45) is 0 Å². The molecule has 0 saturated heterocycles. The van der Waals surface area contributed by atoms with E-state index in [1.54, 1.807) is 17.4 Å². The Labute approximate surface area is 110 Å². The first-order valence-electron chi connectivity index (χ1n) is 5.61. The van der Waals surface area contributed by atoms with Crippen LogP contribution in [0.3, 0.4) is 0 Å². The van der Waals surface area contributed by atoms with E-state index in [1.807, 2.05) is 12.1 Å². The Morgan fingerprint density at radius 2 is 1.94 bits per heavy atom. The van der Waals surface area contributed by atoms with Crippen molar-refractivity contribution in [3.8, 4) is 0 Å². The lowest BCUT2D eigenvalue weighted by Crippen LogP contribution is -1.97. The predicted molar refractivity (Wildman–Crippen MR) is 74.3 cm³/mol. The molecule has 0 amide bonds. The summed E-state index contributed by atoms with van der Waals surface area (Å²) in [5.41, 5.74) is 2.53. The van der Waals surface area contributed by atoms with Crippen LogP contribution in [0.15, 0.2) is 42.6 Å². The second-order valence-corrected chi connectivity index (χ2v) is 5.28. The first-order chi connectivity index (χ1) is 8.63. The quantitative estimate of drug-likeness (QED) is 0.850. The molecule has 1 N–H and O–H groups in total. The van der Waals surface area contributed by atoms with Crippen molar-refractivity contribution in [3.63, 3.8) is 0 Å². The SMILES string of the molecule is Cc1ccc(Cc2ccc(/C=C/N([O-])O)s2)cc1. The van der Waals surface area contributed by atoms with Gasteiger partial charge in [-0.25, -0.2) is 0 Å². The summed E-state index contributed by atoms with van der Waals surface area (Å²) >= 11 is 1.61. The molecule has 2 aromatic rings. The molecule has 2 rings (SSSR count). The number of hydrogen-bond acceptors (Lipinski definition) is 4. The molecule has 0 radical (unpaired) electrons. The van der Waals surface area contributed by atoms with Crippen LogP contribution in [0.25, 0.3) is 6.08 Å². The van der Waals surface area contributed by atoms with E-state index in [-0.39, 0.29) is 5.23 Å². The van der Waals surface area contributed by atoms with Crippen LogP contribution in [-0.2, 0) is 6.42 Å². The van der Waals surface area contributed by atoms with Gasteiger partial charge >= 0.3 is 0 Å². The molecule has 0 atom stereocenters. The molecule has 0 aliphatic rings. The molecule has 0 spiro atoms. The Hall–Kier alpha value is -1.62. The molecule has 1 aromatic heterocycles. The fourth-order valence-corrected chi connectivity index (χ4v) is 2.57. The Morgan fingerprint density at radius 1 is 1.22 bits per heavy atom. The minimum atomic E-state index is -0.195. The number of rotatable bonds is 4. The second kappa shape index (κ2) is 5.82. The molecule has 0 aliphatic heterocycles. The topological polar surface area (TPSA) is 46.5 Å². The molecule has 94 valence electrons. The molecule has 0 bridgehead atoms. The fourth-order valence-electron chi connectivity index (χ4n) is 1.62. The van der Waals surface area contributed by atoms with Crippen LogP contribution in [0.4, 0.5) is 0 Å². The molecule has 0 saturated carbocycles. The summed E-state index contributed by atoms with van der Waals surface area (Å²) in [5, 5.41) is 18.6. The third-order valence-corrected chi connectivity index (χ3v) is 3.60. The molecule has 0 fully saturated rings. The van der Waals surface area contributed by atoms with E-state index in [9.17, 15) is 5.21 Å². The standard InChI is InChI=1S/C14H14NO2S/c1-11-2-4-12(5-3-11)10-14-7-6-13(18-14)8-9-15(16)17/h2-9,16H,10H2,1H3/q-1/b9-8+. The lowest BCUT2D eigenvalue weighted by molar-refractivity contribution is 0.0129. The monoisotopic (exact) mass is 260 g/mol. The summed E-state index contributed by atoms with van der Waals surface area (Å²) in [6.45, 7) is 2.07. The third kappa shape index (κ3) is 3.70. The second-order valence-electron chi connectivity index (χ2n) is 4.08. The third-order valence-electron chi connectivity index (χ3n) is 2.55. The van der Waals surface area contributed by atoms with E-state index in [0.29, 0.717) is 0 Å². The highest BCUT2D eigenvalue weighted by atomic mass is 32.1. The summed E-state index contributed by atoms with van der Waals surface area (Å²) in [7, 11) is 0. The van der Waals surface area contributed by atoms with Crippen LogP contribution < -0.4 is 0 Å². The maximum Gasteiger partial charge on any atom is 0.0288 e. The molecule has 1 aromatic carbocycles. The number of hydrogen-bond donors (Lipinski definition) is 1. The fraction of sp³-hybridized carbons (Fsp3) is 0.143. The van der Waals surface area contributed by atoms with Crippen molar-refractivity contribution in [3.05, 3.63) is 68.7 Å². The average Bonchev–Trinajstić information content (AvgIpc) is 2.77. The Morgan fingerprint density at radius 3 is 2.61 bits per heavy atom. The Balaban J connectivity index is 2.04. The lowest BCUT2D eigenvalue weighted by Gasteiger charge is -2.14. The van der Waals surface area contributed by atoms with Gasteiger partial charge in [0.1, 0.15) is 0 Å². The van der Waals surface area contributed by atoms with Crippen molar-refractivity contribution in [1.82, 2.24) is 5.23 Å². The van der Waals surface area contributed by atoms with Gasteiger partial charge in [0, 0.05) is 22.4 Å². The number of thiophene rings is 1. The van der Waals surface area contributed by atoms with Crippen LogP contribution >= 0.6 is 11.3 Å². The lowest BCUT2D eigenvalue weighted by atomic mass is 10.1. The van der Waals surface area contributed by atoms with Crippen LogP contribution in [0, 0.1) is 12.1 Å². The van der Waals surface area contributed by atoms with E-state index in [1.165, 1.54) is 16.0 Å². The van der Waals surface area contributed by atoms with Gasteiger partial charge in [0.25, 0.3) is 0 Å². The van der Waals surface area contributed by atoms with Crippen LogP contribution in [0.1, 0.15) is 20.9 Å². The van der Waals surface area contributed by atoms with Gasteiger partial charge in [-0.1, -0.05) is 29.8 Å². The molecule has 3 nitrogen and oxygen atoms in total. The van der Waals surface area contributed by atoms with Crippen molar-refractivity contribution < 1.29 is 5.21 Å². The van der Waals surface area contributed by atoms with E-state index >= 15 is 0 Å². The Kier molecular flexibility index (Phi) is 4.15. The van der Waals surface area contributed by atoms with Gasteiger partial charge in [-0.05, 0) is 30.7 Å². The average molecular weight is 260 g/mol. The Bertz CT molecular complexity index is 529. The van der Waals surface area contributed by atoms with E-state index in [4.69, 9.17) is 5.21 Å². The van der Waals surface area contributed by atoms with Gasteiger partial charge in [0.15, 0.2) is 0 Å². The molecule has 0 unspecified atom stereocenters. The zero-order chi connectivity index (χ0) is 13.0. The molecular formula is C14H14NO2S-. The molecule has 18 heavy (non-hydrogen) atoms. The highest BCUT2D eigenvalue weighted by Crippen LogP contribution is 2.21. The molecule has 0 aliphatic carbocycles. The minimum Gasteiger partial charge on any atom is -0.734 e. The summed E-state index contributed by atoms with van der Waals surface area (Å²) < 4.78 is 0.